The van der Waals surface area contributed by atoms with Gasteiger partial charge in [0.2, 0.25) is 0 Å². The van der Waals surface area contributed by atoms with Gasteiger partial charge in [-0.2, -0.15) is 0 Å². The predicted molar refractivity (Wildman–Crippen MR) is 71.8 cm³/mol. The number of hydrogen-bond acceptors (Lipinski definition) is 3. The van der Waals surface area contributed by atoms with Crippen molar-refractivity contribution in [2.75, 3.05) is 5.32 Å². The van der Waals surface area contributed by atoms with Gasteiger partial charge < -0.3 is 10.4 Å². The monoisotopic (exact) mass is 240 g/mol. The number of fused-ring (bicyclic) bond motifs is 1. The molecular weight excluding hydrogens is 224 g/mol. The summed E-state index contributed by atoms with van der Waals surface area (Å²) in [5.41, 5.74) is 3.27. The molecule has 2 aromatic rings. The van der Waals surface area contributed by atoms with Gasteiger partial charge in [-0.3, -0.25) is 0 Å². The fourth-order valence-electron chi connectivity index (χ4n) is 2.59. The first-order valence-corrected chi connectivity index (χ1v) is 6.25. The summed E-state index contributed by atoms with van der Waals surface area (Å²) in [6, 6.07) is 12.0. The van der Waals surface area contributed by atoms with E-state index in [-0.39, 0.29) is 6.04 Å². The zero-order valence-electron chi connectivity index (χ0n) is 10.4. The number of nitrogens with zero attached hydrogens (tertiary/aromatic N) is 1. The Morgan fingerprint density at radius 2 is 2.06 bits per heavy atom. The fourth-order valence-corrected chi connectivity index (χ4v) is 2.59. The Hall–Kier alpha value is -2.03. The van der Waals surface area contributed by atoms with Crippen molar-refractivity contribution in [2.24, 2.45) is 0 Å². The van der Waals surface area contributed by atoms with Crippen LogP contribution >= 0.6 is 0 Å². The lowest BCUT2D eigenvalue weighted by molar-refractivity contribution is 0.469. The number of hydrogen-bond donors (Lipinski definition) is 2. The molecule has 3 nitrogen and oxygen atoms in total. The Kier molecular flexibility index (Phi) is 2.67. The fraction of sp³-hybridized carbons (Fsp3) is 0.267. The van der Waals surface area contributed by atoms with Gasteiger partial charge in [-0.1, -0.05) is 18.2 Å². The third-order valence-electron chi connectivity index (χ3n) is 3.46. The van der Waals surface area contributed by atoms with Gasteiger partial charge in [-0.05, 0) is 49.1 Å². The van der Waals surface area contributed by atoms with Crippen LogP contribution in [-0.2, 0) is 6.42 Å². The molecule has 1 aliphatic carbocycles. The Morgan fingerprint density at radius 3 is 2.89 bits per heavy atom. The van der Waals surface area contributed by atoms with E-state index in [4.69, 9.17) is 0 Å². The number of phenols is 1. The number of aromatic nitrogens is 1. The lowest BCUT2D eigenvalue weighted by Crippen LogP contribution is -2.08. The van der Waals surface area contributed by atoms with Crippen LogP contribution in [0.1, 0.15) is 29.3 Å². The van der Waals surface area contributed by atoms with Crippen LogP contribution in [0.4, 0.5) is 5.82 Å². The molecule has 92 valence electrons. The van der Waals surface area contributed by atoms with Crippen molar-refractivity contribution >= 4 is 5.82 Å². The summed E-state index contributed by atoms with van der Waals surface area (Å²) in [6.07, 6.45) is 1.92. The number of aryl methyl sites for hydroxylation is 1. The zero-order chi connectivity index (χ0) is 12.5. The second-order valence-corrected chi connectivity index (χ2v) is 4.74. The number of nitrogens with one attached hydrogen (secondary N) is 1. The van der Waals surface area contributed by atoms with E-state index < -0.39 is 0 Å². The maximum Gasteiger partial charge on any atom is 0.126 e. The van der Waals surface area contributed by atoms with E-state index in [1.54, 1.807) is 6.07 Å². The molecule has 18 heavy (non-hydrogen) atoms. The Bertz CT molecular complexity index is 580. The first-order chi connectivity index (χ1) is 8.74. The average molecular weight is 240 g/mol. The van der Waals surface area contributed by atoms with Gasteiger partial charge in [-0.15, -0.1) is 0 Å². The van der Waals surface area contributed by atoms with Gasteiger partial charge in [0.05, 0.1) is 6.04 Å². The molecule has 0 aliphatic heterocycles. The molecule has 3 heteroatoms. The summed E-state index contributed by atoms with van der Waals surface area (Å²) in [7, 11) is 0. The molecule has 1 aliphatic rings. The topological polar surface area (TPSA) is 45.1 Å². The van der Waals surface area contributed by atoms with Crippen molar-refractivity contribution in [3.05, 3.63) is 53.2 Å². The second-order valence-electron chi connectivity index (χ2n) is 4.74. The number of pyridine rings is 1. The third kappa shape index (κ3) is 1.92. The molecule has 1 heterocycles. The molecule has 1 atom stereocenters. The van der Waals surface area contributed by atoms with Crippen molar-refractivity contribution in [2.45, 2.75) is 25.8 Å². The van der Waals surface area contributed by atoms with Gasteiger partial charge >= 0.3 is 0 Å². The van der Waals surface area contributed by atoms with Crippen LogP contribution in [0.25, 0.3) is 0 Å². The highest BCUT2D eigenvalue weighted by Gasteiger charge is 2.24. The molecule has 1 aromatic carbocycles. The molecular formula is C15H16N2O. The number of phenolic OH excluding ortho intramolecular Hbond substituents is 1. The molecule has 0 saturated carbocycles. The van der Waals surface area contributed by atoms with Crippen LogP contribution in [0, 0.1) is 6.92 Å². The standard InChI is InChI=1S/C15H16N2O/c1-10-4-2-7-15(16-10)17-13-9-8-12-11(13)5-3-6-14(12)18/h2-7,13,18H,8-9H2,1H3,(H,16,17)/t13-/m1/s1. The SMILES string of the molecule is Cc1cccc(N[C@@H]2CCc3c(O)cccc32)n1. The van der Waals surface area contributed by atoms with E-state index in [9.17, 15) is 5.11 Å². The number of anilines is 1. The lowest BCUT2D eigenvalue weighted by atomic mass is 10.1. The maximum absolute atomic E-state index is 9.82. The summed E-state index contributed by atoms with van der Waals surface area (Å²) < 4.78 is 0. The summed E-state index contributed by atoms with van der Waals surface area (Å²) >= 11 is 0. The zero-order valence-corrected chi connectivity index (χ0v) is 10.4. The molecule has 0 fully saturated rings. The highest BCUT2D eigenvalue weighted by atomic mass is 16.3. The van der Waals surface area contributed by atoms with Crippen LogP contribution in [0.2, 0.25) is 0 Å². The average Bonchev–Trinajstić information content (AvgIpc) is 2.74. The van der Waals surface area contributed by atoms with Crippen LogP contribution in [0.5, 0.6) is 5.75 Å². The van der Waals surface area contributed by atoms with E-state index in [0.29, 0.717) is 5.75 Å². The van der Waals surface area contributed by atoms with E-state index in [0.717, 1.165) is 29.9 Å². The summed E-state index contributed by atoms with van der Waals surface area (Å²) in [4.78, 5) is 4.46. The summed E-state index contributed by atoms with van der Waals surface area (Å²) in [5, 5.41) is 13.3. The van der Waals surface area contributed by atoms with Gasteiger partial charge in [0, 0.05) is 5.69 Å². The van der Waals surface area contributed by atoms with Crippen molar-refractivity contribution in [1.29, 1.82) is 0 Å². The smallest absolute Gasteiger partial charge is 0.126 e. The molecule has 2 N–H and O–H groups in total. The van der Waals surface area contributed by atoms with E-state index in [1.165, 1.54) is 5.56 Å². The van der Waals surface area contributed by atoms with Gasteiger partial charge in [0.25, 0.3) is 0 Å². The highest BCUT2D eigenvalue weighted by molar-refractivity contribution is 5.48. The van der Waals surface area contributed by atoms with Gasteiger partial charge in [-0.25, -0.2) is 4.98 Å². The number of aromatic hydroxyl groups is 1. The molecule has 3 rings (SSSR count). The minimum Gasteiger partial charge on any atom is -0.508 e. The van der Waals surface area contributed by atoms with Crippen LogP contribution in [-0.4, -0.2) is 10.1 Å². The van der Waals surface area contributed by atoms with Crippen molar-refractivity contribution < 1.29 is 5.11 Å². The predicted octanol–water partition coefficient (Wildman–Crippen LogP) is 3.20. The Balaban J connectivity index is 1.87. The minimum absolute atomic E-state index is 0.251. The normalized spacial score (nSPS) is 17.5. The molecule has 0 saturated heterocycles. The van der Waals surface area contributed by atoms with Crippen molar-refractivity contribution in [1.82, 2.24) is 4.98 Å². The quantitative estimate of drug-likeness (QED) is 0.847. The lowest BCUT2D eigenvalue weighted by Gasteiger charge is -2.15. The molecule has 0 spiro atoms. The van der Waals surface area contributed by atoms with Crippen molar-refractivity contribution in [3.8, 4) is 5.75 Å². The van der Waals surface area contributed by atoms with E-state index in [1.807, 2.05) is 31.2 Å². The first-order valence-electron chi connectivity index (χ1n) is 6.25. The van der Waals surface area contributed by atoms with Crippen LogP contribution < -0.4 is 5.32 Å². The largest absolute Gasteiger partial charge is 0.508 e. The Labute approximate surface area is 107 Å². The summed E-state index contributed by atoms with van der Waals surface area (Å²) in [6.45, 7) is 1.99. The number of rotatable bonds is 2. The molecule has 0 radical (unpaired) electrons. The molecule has 0 bridgehead atoms. The van der Waals surface area contributed by atoms with E-state index >= 15 is 0 Å². The van der Waals surface area contributed by atoms with Crippen LogP contribution in [0.3, 0.4) is 0 Å². The first kappa shape index (κ1) is 11.1. The van der Waals surface area contributed by atoms with Gasteiger partial charge in [0.15, 0.2) is 0 Å². The number of benzene rings is 1. The van der Waals surface area contributed by atoms with Gasteiger partial charge in [0.1, 0.15) is 11.6 Å². The molecule has 1 aromatic heterocycles. The highest BCUT2D eigenvalue weighted by Crippen LogP contribution is 2.37. The van der Waals surface area contributed by atoms with Crippen LogP contribution in [0.15, 0.2) is 36.4 Å². The Morgan fingerprint density at radius 1 is 1.22 bits per heavy atom. The second kappa shape index (κ2) is 4.33. The summed E-state index contributed by atoms with van der Waals surface area (Å²) in [5.74, 6) is 1.31. The third-order valence-corrected chi connectivity index (χ3v) is 3.46. The molecule has 0 amide bonds. The van der Waals surface area contributed by atoms with Crippen molar-refractivity contribution in [3.63, 3.8) is 0 Å². The minimum atomic E-state index is 0.251. The van der Waals surface area contributed by atoms with E-state index in [2.05, 4.69) is 16.4 Å². The maximum atomic E-state index is 9.82. The molecule has 0 unspecified atom stereocenters.